The van der Waals surface area contributed by atoms with Gasteiger partial charge in [-0.1, -0.05) is 42.0 Å². The van der Waals surface area contributed by atoms with E-state index in [2.05, 4.69) is 60.0 Å². The van der Waals surface area contributed by atoms with Gasteiger partial charge in [0, 0.05) is 36.9 Å². The normalized spacial score (nSPS) is 25.7. The van der Waals surface area contributed by atoms with Crippen molar-refractivity contribution >= 4 is 11.6 Å². The minimum absolute atomic E-state index is 0.0694. The molecular weight excluding hydrogens is 376 g/mol. The van der Waals surface area contributed by atoms with E-state index in [1.807, 2.05) is 0 Å². The van der Waals surface area contributed by atoms with Crippen molar-refractivity contribution in [3.05, 3.63) is 64.7 Å². The summed E-state index contributed by atoms with van der Waals surface area (Å²) in [4.78, 5) is 12.8. The lowest BCUT2D eigenvalue weighted by Gasteiger charge is -2.37. The van der Waals surface area contributed by atoms with E-state index in [0.29, 0.717) is 18.9 Å². The predicted octanol–water partition coefficient (Wildman–Crippen LogP) is 3.77. The van der Waals surface area contributed by atoms with Crippen LogP contribution in [0.5, 0.6) is 0 Å². The largest absolute Gasteiger partial charge is 0.396 e. The lowest BCUT2D eigenvalue weighted by atomic mass is 9.79. The van der Waals surface area contributed by atoms with Gasteiger partial charge < -0.3 is 20.5 Å². The van der Waals surface area contributed by atoms with E-state index < -0.39 is 5.41 Å². The Bertz CT molecular complexity index is 953. The number of ether oxygens (including phenoxy) is 1. The van der Waals surface area contributed by atoms with Crippen molar-refractivity contribution in [2.24, 2.45) is 5.92 Å². The van der Waals surface area contributed by atoms with Crippen molar-refractivity contribution in [1.82, 2.24) is 5.32 Å². The van der Waals surface area contributed by atoms with Crippen LogP contribution in [-0.4, -0.2) is 30.8 Å². The molecule has 0 aromatic heterocycles. The van der Waals surface area contributed by atoms with Gasteiger partial charge in [0.2, 0.25) is 5.91 Å². The molecule has 2 aromatic carbocycles. The average molecular weight is 407 g/mol. The molecule has 2 fully saturated rings. The number of aliphatic hydroxyl groups excluding tert-OH is 1. The fourth-order valence-corrected chi connectivity index (χ4v) is 5.19. The first-order chi connectivity index (χ1) is 14.6. The summed E-state index contributed by atoms with van der Waals surface area (Å²) in [5.41, 5.74) is 5.57. The van der Waals surface area contributed by atoms with Gasteiger partial charge in [-0.2, -0.15) is 0 Å². The second kappa shape index (κ2) is 7.71. The Morgan fingerprint density at radius 3 is 2.90 bits per heavy atom. The van der Waals surface area contributed by atoms with Crippen molar-refractivity contribution < 1.29 is 14.6 Å². The van der Waals surface area contributed by atoms with Crippen LogP contribution >= 0.6 is 0 Å². The van der Waals surface area contributed by atoms with Crippen molar-refractivity contribution in [3.8, 4) is 0 Å². The summed E-state index contributed by atoms with van der Waals surface area (Å²) in [6.07, 6.45) is 3.46. The number of carbonyl (C=O) groups is 1. The first-order valence-electron chi connectivity index (χ1n) is 11.1. The predicted molar refractivity (Wildman–Crippen MR) is 116 cm³/mol. The minimum atomic E-state index is -0.411. The van der Waals surface area contributed by atoms with E-state index in [-0.39, 0.29) is 24.7 Å². The molecule has 3 N–H and O–H groups in total. The summed E-state index contributed by atoms with van der Waals surface area (Å²) in [7, 11) is 0. The maximum absolute atomic E-state index is 12.8. The smallest absolute Gasteiger partial charge is 0.230 e. The fraction of sp³-hybridized carbons (Fsp3) is 0.480. The fourth-order valence-electron chi connectivity index (χ4n) is 5.19. The Hall–Kier alpha value is -2.37. The standard InChI is InChI=1S/C25H30N2O3/c1-16-4-2-5-17(14-16)22-19-8-13-30-23(19)20-15-18(6-7-21(20)27-22)25(9-10-25)24(29)26-11-3-12-28/h2,4-7,14-15,19,22-23,27-28H,3,8-13H2,1H3,(H,26,29)/t19-,22-,23-/m1/s1. The number of nitrogens with one attached hydrogen (secondary N) is 2. The summed E-state index contributed by atoms with van der Waals surface area (Å²) >= 11 is 0. The van der Waals surface area contributed by atoms with Gasteiger partial charge in [0.25, 0.3) is 0 Å². The zero-order valence-electron chi connectivity index (χ0n) is 17.5. The molecule has 0 spiro atoms. The topological polar surface area (TPSA) is 70.6 Å². The second-order valence-corrected chi connectivity index (χ2v) is 9.00. The lowest BCUT2D eigenvalue weighted by molar-refractivity contribution is -0.123. The number of aliphatic hydroxyl groups is 1. The van der Waals surface area contributed by atoms with E-state index in [4.69, 9.17) is 9.84 Å². The maximum Gasteiger partial charge on any atom is 0.230 e. The van der Waals surface area contributed by atoms with E-state index in [1.165, 1.54) is 16.7 Å². The molecule has 1 saturated heterocycles. The summed E-state index contributed by atoms with van der Waals surface area (Å²) in [6.45, 7) is 3.53. The molecule has 2 aromatic rings. The Morgan fingerprint density at radius 2 is 2.13 bits per heavy atom. The first kappa shape index (κ1) is 19.6. The van der Waals surface area contributed by atoms with Crippen molar-refractivity contribution in [3.63, 3.8) is 0 Å². The lowest BCUT2D eigenvalue weighted by Crippen LogP contribution is -2.36. The highest BCUT2D eigenvalue weighted by molar-refractivity contribution is 5.91. The van der Waals surface area contributed by atoms with Crippen molar-refractivity contribution in [1.29, 1.82) is 0 Å². The summed E-state index contributed by atoms with van der Waals surface area (Å²) in [5.74, 6) is 0.476. The third-order valence-electron chi connectivity index (χ3n) is 6.99. The number of anilines is 1. The van der Waals surface area contributed by atoms with Crippen LogP contribution in [0.3, 0.4) is 0 Å². The van der Waals surface area contributed by atoms with Gasteiger partial charge in [-0.05, 0) is 49.8 Å². The molecule has 1 amide bonds. The van der Waals surface area contributed by atoms with E-state index in [1.54, 1.807) is 0 Å². The monoisotopic (exact) mass is 406 g/mol. The zero-order valence-corrected chi connectivity index (χ0v) is 17.5. The molecular formula is C25H30N2O3. The molecule has 5 nitrogen and oxygen atoms in total. The summed E-state index contributed by atoms with van der Waals surface area (Å²) in [5, 5.41) is 15.8. The molecule has 0 radical (unpaired) electrons. The number of benzene rings is 2. The van der Waals surface area contributed by atoms with Gasteiger partial charge in [0.15, 0.2) is 0 Å². The Morgan fingerprint density at radius 1 is 1.27 bits per heavy atom. The van der Waals surface area contributed by atoms with Gasteiger partial charge >= 0.3 is 0 Å². The molecule has 1 saturated carbocycles. The molecule has 3 atom stereocenters. The van der Waals surface area contributed by atoms with Gasteiger partial charge in [-0.3, -0.25) is 4.79 Å². The molecule has 30 heavy (non-hydrogen) atoms. The number of aryl methyl sites for hydroxylation is 1. The van der Waals surface area contributed by atoms with Crippen LogP contribution in [0.1, 0.15) is 60.1 Å². The quantitative estimate of drug-likeness (QED) is 0.639. The highest BCUT2D eigenvalue weighted by Crippen LogP contribution is 2.53. The van der Waals surface area contributed by atoms with Gasteiger partial charge in [0.1, 0.15) is 0 Å². The van der Waals surface area contributed by atoms with Crippen LogP contribution in [0, 0.1) is 12.8 Å². The average Bonchev–Trinajstić information content (AvgIpc) is 3.42. The highest BCUT2D eigenvalue weighted by Gasteiger charge is 2.52. The molecule has 5 rings (SSSR count). The third-order valence-corrected chi connectivity index (χ3v) is 6.99. The zero-order chi connectivity index (χ0) is 20.7. The maximum atomic E-state index is 12.8. The molecule has 2 aliphatic heterocycles. The van der Waals surface area contributed by atoms with Gasteiger partial charge in [0.05, 0.1) is 17.6 Å². The molecule has 0 unspecified atom stereocenters. The third kappa shape index (κ3) is 3.30. The second-order valence-electron chi connectivity index (χ2n) is 9.00. The number of amides is 1. The van der Waals surface area contributed by atoms with E-state index in [9.17, 15) is 4.79 Å². The molecule has 3 aliphatic rings. The SMILES string of the molecule is Cc1cccc([C@H]2Nc3ccc(C4(C(=O)NCCCO)CC4)cc3[C@@H]3OCC[C@H]23)c1. The van der Waals surface area contributed by atoms with Crippen LogP contribution in [0.2, 0.25) is 0 Å². The van der Waals surface area contributed by atoms with Crippen LogP contribution in [-0.2, 0) is 14.9 Å². The number of fused-ring (bicyclic) bond motifs is 3. The number of carbonyl (C=O) groups excluding carboxylic acids is 1. The number of hydrogen-bond acceptors (Lipinski definition) is 4. The van der Waals surface area contributed by atoms with Crippen LogP contribution in [0.15, 0.2) is 42.5 Å². The first-order valence-corrected chi connectivity index (χ1v) is 11.1. The Labute approximate surface area is 177 Å². The van der Waals surface area contributed by atoms with Gasteiger partial charge in [-0.15, -0.1) is 0 Å². The van der Waals surface area contributed by atoms with Crippen molar-refractivity contribution in [2.45, 2.75) is 50.2 Å². The molecule has 2 heterocycles. The Kier molecular flexibility index (Phi) is 5.03. The minimum Gasteiger partial charge on any atom is -0.396 e. The van der Waals surface area contributed by atoms with Crippen LogP contribution in [0.4, 0.5) is 5.69 Å². The number of rotatable bonds is 6. The molecule has 5 heteroatoms. The highest BCUT2D eigenvalue weighted by atomic mass is 16.5. The van der Waals surface area contributed by atoms with Crippen LogP contribution < -0.4 is 10.6 Å². The summed E-state index contributed by atoms with van der Waals surface area (Å²) < 4.78 is 6.22. The van der Waals surface area contributed by atoms with E-state index >= 15 is 0 Å². The summed E-state index contributed by atoms with van der Waals surface area (Å²) in [6, 6.07) is 15.4. The van der Waals surface area contributed by atoms with E-state index in [0.717, 1.165) is 37.1 Å². The molecule has 1 aliphatic carbocycles. The van der Waals surface area contributed by atoms with Gasteiger partial charge in [-0.25, -0.2) is 0 Å². The van der Waals surface area contributed by atoms with Crippen molar-refractivity contribution in [2.75, 3.05) is 25.1 Å². The number of hydrogen-bond donors (Lipinski definition) is 3. The molecule has 0 bridgehead atoms. The van der Waals surface area contributed by atoms with Crippen LogP contribution in [0.25, 0.3) is 0 Å². The molecule has 158 valence electrons. The Balaban J connectivity index is 1.44.